The first-order valence-electron chi connectivity index (χ1n) is 5.82. The number of aromatic nitrogens is 3. The predicted octanol–water partition coefficient (Wildman–Crippen LogP) is 0.819. The number of imidazole rings is 1. The summed E-state index contributed by atoms with van der Waals surface area (Å²) >= 11 is 0. The van der Waals surface area contributed by atoms with E-state index in [1.165, 1.54) is 12.3 Å². The lowest BCUT2D eigenvalue weighted by Crippen LogP contribution is -2.26. The molecule has 1 amide bonds. The number of pyridine rings is 1. The number of nitrogens with zero attached hydrogens (tertiary/aromatic N) is 3. The zero-order chi connectivity index (χ0) is 13.7. The molecule has 2 rings (SSSR count). The number of hydrogen-bond donors (Lipinski definition) is 2. The summed E-state index contributed by atoms with van der Waals surface area (Å²) in [6, 6.07) is 1.30. The number of hydrogen-bond acceptors (Lipinski definition) is 4. The molecule has 0 saturated heterocycles. The highest BCUT2D eigenvalue weighted by Crippen LogP contribution is 2.11. The Morgan fingerprint density at radius 3 is 3.05 bits per heavy atom. The van der Waals surface area contributed by atoms with Gasteiger partial charge in [-0.2, -0.15) is 0 Å². The summed E-state index contributed by atoms with van der Waals surface area (Å²) in [5.74, 6) is -1.54. The number of anilines is 1. The maximum absolute atomic E-state index is 13.5. The van der Waals surface area contributed by atoms with Crippen LogP contribution >= 0.6 is 0 Å². The first-order chi connectivity index (χ1) is 9.18. The second-order valence-electron chi connectivity index (χ2n) is 3.97. The van der Waals surface area contributed by atoms with E-state index in [1.54, 1.807) is 12.5 Å². The van der Waals surface area contributed by atoms with Crippen molar-refractivity contribution in [1.29, 1.82) is 0 Å². The molecule has 0 spiro atoms. The van der Waals surface area contributed by atoms with Crippen LogP contribution < -0.4 is 11.1 Å². The Labute approximate surface area is 109 Å². The van der Waals surface area contributed by atoms with Crippen molar-refractivity contribution in [3.05, 3.63) is 42.4 Å². The van der Waals surface area contributed by atoms with E-state index < -0.39 is 11.7 Å². The van der Waals surface area contributed by atoms with Crippen molar-refractivity contribution in [3.63, 3.8) is 0 Å². The lowest BCUT2D eigenvalue weighted by molar-refractivity contribution is 0.0948. The summed E-state index contributed by atoms with van der Waals surface area (Å²) in [5, 5.41) is 2.63. The maximum Gasteiger partial charge on any atom is 0.254 e. The summed E-state index contributed by atoms with van der Waals surface area (Å²) in [5.41, 5.74) is 5.21. The summed E-state index contributed by atoms with van der Waals surface area (Å²) in [7, 11) is 0. The van der Waals surface area contributed by atoms with Gasteiger partial charge < -0.3 is 15.6 Å². The SMILES string of the molecule is Nc1nccc(C(=O)NCCCn2ccnc2)c1F. The second-order valence-corrected chi connectivity index (χ2v) is 3.97. The van der Waals surface area contributed by atoms with E-state index in [4.69, 9.17) is 5.73 Å². The van der Waals surface area contributed by atoms with Crippen molar-refractivity contribution in [1.82, 2.24) is 19.9 Å². The summed E-state index contributed by atoms with van der Waals surface area (Å²) in [6.07, 6.45) is 7.26. The molecule has 0 aliphatic carbocycles. The molecule has 0 bridgehead atoms. The summed E-state index contributed by atoms with van der Waals surface area (Å²) in [4.78, 5) is 19.2. The van der Waals surface area contributed by atoms with E-state index in [1.807, 2.05) is 10.8 Å². The van der Waals surface area contributed by atoms with Crippen LogP contribution in [0, 0.1) is 5.82 Å². The monoisotopic (exact) mass is 263 g/mol. The average Bonchev–Trinajstić information content (AvgIpc) is 2.91. The molecule has 3 N–H and O–H groups in total. The number of nitrogen functional groups attached to an aromatic ring is 1. The van der Waals surface area contributed by atoms with E-state index >= 15 is 0 Å². The summed E-state index contributed by atoms with van der Waals surface area (Å²) in [6.45, 7) is 1.18. The molecule has 0 atom stereocenters. The fraction of sp³-hybridized carbons (Fsp3) is 0.250. The van der Waals surface area contributed by atoms with Crippen LogP contribution in [-0.4, -0.2) is 27.0 Å². The molecule has 0 aliphatic heterocycles. The Hall–Kier alpha value is -2.44. The number of rotatable bonds is 5. The first-order valence-corrected chi connectivity index (χ1v) is 5.82. The van der Waals surface area contributed by atoms with Crippen molar-refractivity contribution in [3.8, 4) is 0 Å². The summed E-state index contributed by atoms with van der Waals surface area (Å²) < 4.78 is 15.4. The fourth-order valence-electron chi connectivity index (χ4n) is 1.61. The van der Waals surface area contributed by atoms with E-state index in [9.17, 15) is 9.18 Å². The van der Waals surface area contributed by atoms with Gasteiger partial charge in [0.2, 0.25) is 0 Å². The third-order valence-corrected chi connectivity index (χ3v) is 2.60. The van der Waals surface area contributed by atoms with Crippen molar-refractivity contribution in [2.24, 2.45) is 0 Å². The van der Waals surface area contributed by atoms with Crippen LogP contribution in [0.15, 0.2) is 31.0 Å². The van der Waals surface area contributed by atoms with E-state index in [0.29, 0.717) is 6.54 Å². The standard InChI is InChI=1S/C12H14FN5O/c13-10-9(2-4-16-11(10)14)12(19)17-3-1-6-18-7-5-15-8-18/h2,4-5,7-8H,1,3,6H2,(H2,14,16)(H,17,19). The number of carbonyl (C=O) groups is 1. The van der Waals surface area contributed by atoms with Gasteiger partial charge in [0.1, 0.15) is 0 Å². The highest BCUT2D eigenvalue weighted by Gasteiger charge is 2.13. The molecule has 2 aromatic rings. The van der Waals surface area contributed by atoms with Gasteiger partial charge in [-0.3, -0.25) is 4.79 Å². The number of aryl methyl sites for hydroxylation is 1. The molecule has 2 heterocycles. The molecule has 0 radical (unpaired) electrons. The molecule has 0 fully saturated rings. The second kappa shape index (κ2) is 5.94. The Morgan fingerprint density at radius 2 is 2.32 bits per heavy atom. The molecule has 100 valence electrons. The van der Waals surface area contributed by atoms with Crippen LogP contribution in [0.3, 0.4) is 0 Å². The lowest BCUT2D eigenvalue weighted by atomic mass is 10.2. The minimum Gasteiger partial charge on any atom is -0.381 e. The van der Waals surface area contributed by atoms with Crippen LogP contribution in [-0.2, 0) is 6.54 Å². The zero-order valence-electron chi connectivity index (χ0n) is 10.2. The Balaban J connectivity index is 1.83. The molecular weight excluding hydrogens is 249 g/mol. The van der Waals surface area contributed by atoms with E-state index in [-0.39, 0.29) is 11.4 Å². The van der Waals surface area contributed by atoms with E-state index in [0.717, 1.165) is 13.0 Å². The van der Waals surface area contributed by atoms with Crippen LogP contribution in [0.25, 0.3) is 0 Å². The average molecular weight is 263 g/mol. The third kappa shape index (κ3) is 3.27. The van der Waals surface area contributed by atoms with Gasteiger partial charge in [-0.1, -0.05) is 0 Å². The Morgan fingerprint density at radius 1 is 1.47 bits per heavy atom. The highest BCUT2D eigenvalue weighted by molar-refractivity contribution is 5.95. The molecule has 0 aliphatic rings. The number of nitrogens with one attached hydrogen (secondary N) is 1. The normalized spacial score (nSPS) is 10.4. The quantitative estimate of drug-likeness (QED) is 0.782. The number of carbonyl (C=O) groups excluding carboxylic acids is 1. The van der Waals surface area contributed by atoms with Gasteiger partial charge in [-0.25, -0.2) is 14.4 Å². The third-order valence-electron chi connectivity index (χ3n) is 2.60. The minimum atomic E-state index is -0.783. The topological polar surface area (TPSA) is 85.8 Å². The predicted molar refractivity (Wildman–Crippen MR) is 67.8 cm³/mol. The van der Waals surface area contributed by atoms with Gasteiger partial charge in [0.15, 0.2) is 11.6 Å². The van der Waals surface area contributed by atoms with Gasteiger partial charge in [0.05, 0.1) is 11.9 Å². The molecule has 7 heteroatoms. The number of nitrogens with two attached hydrogens (primary N) is 1. The van der Waals surface area contributed by atoms with Gasteiger partial charge in [0, 0.05) is 31.7 Å². The lowest BCUT2D eigenvalue weighted by Gasteiger charge is -2.07. The van der Waals surface area contributed by atoms with Gasteiger partial charge >= 0.3 is 0 Å². The van der Waals surface area contributed by atoms with Crippen molar-refractivity contribution >= 4 is 11.7 Å². The maximum atomic E-state index is 13.5. The Bertz CT molecular complexity index is 555. The van der Waals surface area contributed by atoms with Crippen molar-refractivity contribution < 1.29 is 9.18 Å². The first kappa shape index (κ1) is 13.0. The zero-order valence-corrected chi connectivity index (χ0v) is 10.2. The van der Waals surface area contributed by atoms with Gasteiger partial charge in [0.25, 0.3) is 5.91 Å². The smallest absolute Gasteiger partial charge is 0.254 e. The Kier molecular flexibility index (Phi) is 4.07. The van der Waals surface area contributed by atoms with Crippen LogP contribution in [0.1, 0.15) is 16.8 Å². The van der Waals surface area contributed by atoms with Crippen LogP contribution in [0.4, 0.5) is 10.2 Å². The van der Waals surface area contributed by atoms with Crippen molar-refractivity contribution in [2.45, 2.75) is 13.0 Å². The molecule has 0 aromatic carbocycles. The molecule has 0 unspecified atom stereocenters. The highest BCUT2D eigenvalue weighted by atomic mass is 19.1. The molecule has 0 saturated carbocycles. The molecule has 2 aromatic heterocycles. The minimum absolute atomic E-state index is 0.0878. The number of halogens is 1. The van der Waals surface area contributed by atoms with Crippen molar-refractivity contribution in [2.75, 3.05) is 12.3 Å². The number of amides is 1. The van der Waals surface area contributed by atoms with E-state index in [2.05, 4.69) is 15.3 Å². The van der Waals surface area contributed by atoms with Gasteiger partial charge in [-0.05, 0) is 12.5 Å². The molecular formula is C12H14FN5O. The molecule has 19 heavy (non-hydrogen) atoms. The molecule has 6 nitrogen and oxygen atoms in total. The van der Waals surface area contributed by atoms with Crippen LogP contribution in [0.2, 0.25) is 0 Å². The largest absolute Gasteiger partial charge is 0.381 e. The fourth-order valence-corrected chi connectivity index (χ4v) is 1.61. The van der Waals surface area contributed by atoms with Gasteiger partial charge in [-0.15, -0.1) is 0 Å². The van der Waals surface area contributed by atoms with Crippen LogP contribution in [0.5, 0.6) is 0 Å².